The van der Waals surface area contributed by atoms with Gasteiger partial charge in [0.2, 0.25) is 0 Å². The van der Waals surface area contributed by atoms with Crippen LogP contribution in [0.25, 0.3) is 0 Å². The van der Waals surface area contributed by atoms with Gasteiger partial charge in [0, 0.05) is 0 Å². The zero-order valence-electron chi connectivity index (χ0n) is 9.00. The Labute approximate surface area is 85.3 Å². The fourth-order valence-corrected chi connectivity index (χ4v) is 1.32. The molecule has 0 aliphatic carbocycles. The first-order valence-corrected chi connectivity index (χ1v) is 4.81. The summed E-state index contributed by atoms with van der Waals surface area (Å²) in [5, 5.41) is 3.05. The highest BCUT2D eigenvalue weighted by Gasteiger charge is 2.05. The number of hydrogen-bond donors (Lipinski definition) is 2. The van der Waals surface area contributed by atoms with Crippen LogP contribution in [0.3, 0.4) is 0 Å². The van der Waals surface area contributed by atoms with E-state index in [2.05, 4.69) is 25.2 Å². The zero-order chi connectivity index (χ0) is 10.6. The summed E-state index contributed by atoms with van der Waals surface area (Å²) in [6.45, 7) is 4.73. The van der Waals surface area contributed by atoms with Crippen molar-refractivity contribution in [2.75, 3.05) is 19.1 Å². The van der Waals surface area contributed by atoms with Crippen LogP contribution in [-0.2, 0) is 0 Å². The molecule has 0 unspecified atom stereocenters. The molecule has 3 heteroatoms. The van der Waals surface area contributed by atoms with Crippen molar-refractivity contribution >= 4 is 5.69 Å². The summed E-state index contributed by atoms with van der Waals surface area (Å²) < 4.78 is 5.27. The van der Waals surface area contributed by atoms with E-state index < -0.39 is 0 Å². The Morgan fingerprint density at radius 2 is 2.14 bits per heavy atom. The van der Waals surface area contributed by atoms with Crippen molar-refractivity contribution in [2.45, 2.75) is 19.8 Å². The summed E-state index contributed by atoms with van der Waals surface area (Å²) in [6.07, 6.45) is 0. The minimum Gasteiger partial charge on any atom is -0.495 e. The topological polar surface area (TPSA) is 47.3 Å². The van der Waals surface area contributed by atoms with E-state index in [1.807, 2.05) is 12.1 Å². The van der Waals surface area contributed by atoms with Crippen molar-refractivity contribution in [3.05, 3.63) is 23.8 Å². The second-order valence-corrected chi connectivity index (χ2v) is 3.50. The van der Waals surface area contributed by atoms with Crippen LogP contribution in [0, 0.1) is 0 Å². The Balaban J connectivity index is 2.98. The molecule has 0 fully saturated rings. The maximum Gasteiger partial charge on any atom is 0.142 e. The van der Waals surface area contributed by atoms with Gasteiger partial charge in [0.05, 0.1) is 19.5 Å². The van der Waals surface area contributed by atoms with Gasteiger partial charge in [-0.1, -0.05) is 19.9 Å². The van der Waals surface area contributed by atoms with Gasteiger partial charge in [0.1, 0.15) is 5.75 Å². The molecule has 3 nitrogen and oxygen atoms in total. The van der Waals surface area contributed by atoms with Gasteiger partial charge in [-0.05, 0) is 23.6 Å². The second kappa shape index (κ2) is 4.86. The van der Waals surface area contributed by atoms with E-state index >= 15 is 0 Å². The van der Waals surface area contributed by atoms with Gasteiger partial charge in [-0.25, -0.2) is 0 Å². The molecular formula is C11H18N2O. The van der Waals surface area contributed by atoms with Gasteiger partial charge in [0.25, 0.3) is 0 Å². The molecule has 14 heavy (non-hydrogen) atoms. The van der Waals surface area contributed by atoms with Crippen LogP contribution in [0.4, 0.5) is 5.69 Å². The smallest absolute Gasteiger partial charge is 0.142 e. The lowest BCUT2D eigenvalue weighted by Crippen LogP contribution is -2.11. The van der Waals surface area contributed by atoms with E-state index in [9.17, 15) is 0 Å². The highest BCUT2D eigenvalue weighted by molar-refractivity contribution is 5.58. The van der Waals surface area contributed by atoms with E-state index in [0.29, 0.717) is 12.6 Å². The molecule has 1 aromatic carbocycles. The molecule has 1 aromatic rings. The molecule has 0 bridgehead atoms. The lowest BCUT2D eigenvalue weighted by atomic mass is 10.0. The Morgan fingerprint density at radius 1 is 1.43 bits per heavy atom. The third kappa shape index (κ3) is 2.39. The van der Waals surface area contributed by atoms with E-state index in [-0.39, 0.29) is 0 Å². The maximum absolute atomic E-state index is 5.42. The standard InChI is InChI=1S/C11H18N2O/c1-8(2)9-4-5-10(13-7-12)11(6-9)14-3/h4-6,8,13H,7,12H2,1-3H3. The Hall–Kier alpha value is -1.22. The average Bonchev–Trinajstić information content (AvgIpc) is 2.18. The normalized spacial score (nSPS) is 10.4. The van der Waals surface area contributed by atoms with Gasteiger partial charge >= 0.3 is 0 Å². The van der Waals surface area contributed by atoms with Crippen molar-refractivity contribution in [3.8, 4) is 5.75 Å². The Bertz CT molecular complexity index is 297. The summed E-state index contributed by atoms with van der Waals surface area (Å²) in [5.41, 5.74) is 7.63. The van der Waals surface area contributed by atoms with Crippen molar-refractivity contribution in [2.24, 2.45) is 5.73 Å². The lowest BCUT2D eigenvalue weighted by Gasteiger charge is -2.12. The molecule has 0 saturated carbocycles. The van der Waals surface area contributed by atoms with Crippen molar-refractivity contribution in [1.82, 2.24) is 0 Å². The minimum atomic E-state index is 0.414. The number of anilines is 1. The van der Waals surface area contributed by atoms with E-state index in [1.54, 1.807) is 7.11 Å². The highest BCUT2D eigenvalue weighted by atomic mass is 16.5. The Morgan fingerprint density at radius 3 is 2.64 bits per heavy atom. The predicted octanol–water partition coefficient (Wildman–Crippen LogP) is 2.15. The van der Waals surface area contributed by atoms with Crippen LogP contribution in [0.5, 0.6) is 5.75 Å². The molecule has 0 aliphatic rings. The fraction of sp³-hybridized carbons (Fsp3) is 0.455. The number of ether oxygens (including phenoxy) is 1. The van der Waals surface area contributed by atoms with E-state index in [4.69, 9.17) is 10.5 Å². The first kappa shape index (κ1) is 10.9. The summed E-state index contributed by atoms with van der Waals surface area (Å²) >= 11 is 0. The number of methoxy groups -OCH3 is 1. The summed E-state index contributed by atoms with van der Waals surface area (Å²) in [5.74, 6) is 1.36. The van der Waals surface area contributed by atoms with Gasteiger partial charge < -0.3 is 15.8 Å². The number of hydrogen-bond acceptors (Lipinski definition) is 3. The quantitative estimate of drug-likeness (QED) is 0.722. The van der Waals surface area contributed by atoms with Gasteiger partial charge in [-0.2, -0.15) is 0 Å². The monoisotopic (exact) mass is 194 g/mol. The minimum absolute atomic E-state index is 0.414. The SMILES string of the molecule is COc1cc(C(C)C)ccc1NCN. The van der Waals surface area contributed by atoms with E-state index in [1.165, 1.54) is 5.56 Å². The largest absolute Gasteiger partial charge is 0.495 e. The third-order valence-corrected chi connectivity index (χ3v) is 2.18. The third-order valence-electron chi connectivity index (χ3n) is 2.18. The van der Waals surface area contributed by atoms with Crippen LogP contribution in [0.1, 0.15) is 25.3 Å². The first-order chi connectivity index (χ1) is 6.69. The number of nitrogens with two attached hydrogens (primary N) is 1. The fourth-order valence-electron chi connectivity index (χ4n) is 1.32. The van der Waals surface area contributed by atoms with Gasteiger partial charge in [0.15, 0.2) is 0 Å². The second-order valence-electron chi connectivity index (χ2n) is 3.50. The van der Waals surface area contributed by atoms with Crippen LogP contribution in [0.2, 0.25) is 0 Å². The molecule has 0 spiro atoms. The summed E-state index contributed by atoms with van der Waals surface area (Å²) in [4.78, 5) is 0. The Kier molecular flexibility index (Phi) is 3.77. The van der Waals surface area contributed by atoms with Crippen molar-refractivity contribution < 1.29 is 4.74 Å². The van der Waals surface area contributed by atoms with E-state index in [0.717, 1.165) is 11.4 Å². The van der Waals surface area contributed by atoms with Crippen molar-refractivity contribution in [1.29, 1.82) is 0 Å². The van der Waals surface area contributed by atoms with Gasteiger partial charge in [-0.15, -0.1) is 0 Å². The highest BCUT2D eigenvalue weighted by Crippen LogP contribution is 2.28. The molecule has 0 heterocycles. The van der Waals surface area contributed by atoms with Crippen molar-refractivity contribution in [3.63, 3.8) is 0 Å². The molecular weight excluding hydrogens is 176 g/mol. The molecule has 0 radical (unpaired) electrons. The molecule has 0 aromatic heterocycles. The number of rotatable bonds is 4. The lowest BCUT2D eigenvalue weighted by molar-refractivity contribution is 0.415. The van der Waals surface area contributed by atoms with Crippen LogP contribution < -0.4 is 15.8 Å². The molecule has 3 N–H and O–H groups in total. The number of benzene rings is 1. The van der Waals surface area contributed by atoms with Crippen LogP contribution >= 0.6 is 0 Å². The maximum atomic E-state index is 5.42. The van der Waals surface area contributed by atoms with Crippen LogP contribution in [-0.4, -0.2) is 13.8 Å². The predicted molar refractivity (Wildman–Crippen MR) is 59.8 cm³/mol. The average molecular weight is 194 g/mol. The van der Waals surface area contributed by atoms with Gasteiger partial charge in [-0.3, -0.25) is 0 Å². The molecule has 78 valence electrons. The summed E-state index contributed by atoms with van der Waals surface area (Å²) in [6, 6.07) is 6.13. The molecule has 0 saturated heterocycles. The first-order valence-electron chi connectivity index (χ1n) is 4.81. The molecule has 0 aliphatic heterocycles. The molecule has 0 atom stereocenters. The molecule has 0 amide bonds. The summed E-state index contributed by atoms with van der Waals surface area (Å²) in [7, 11) is 1.67. The zero-order valence-corrected chi connectivity index (χ0v) is 9.00. The number of nitrogens with one attached hydrogen (secondary N) is 1. The van der Waals surface area contributed by atoms with Crippen LogP contribution in [0.15, 0.2) is 18.2 Å². The molecule has 1 rings (SSSR count).